The first-order valence-electron chi connectivity index (χ1n) is 13.2. The Kier molecular flexibility index (Phi) is 7.49. The van der Waals surface area contributed by atoms with E-state index in [0.717, 1.165) is 38.5 Å². The molecule has 4 saturated carbocycles. The van der Waals surface area contributed by atoms with Gasteiger partial charge in [0, 0.05) is 17.8 Å². The number of rotatable bonds is 10. The summed E-state index contributed by atoms with van der Waals surface area (Å²) in [6.45, 7) is 8.34. The van der Waals surface area contributed by atoms with Gasteiger partial charge in [0.15, 0.2) is 0 Å². The summed E-state index contributed by atoms with van der Waals surface area (Å²) in [6.07, 6.45) is 5.98. The second kappa shape index (κ2) is 10.1. The van der Waals surface area contributed by atoms with E-state index in [2.05, 4.69) is 20.8 Å². The quantitative estimate of drug-likeness (QED) is 0.359. The van der Waals surface area contributed by atoms with E-state index >= 15 is 0 Å². The SMILES string of the molecule is C[C@H](CCC(=O)O)[C@H]1CC[C@H]2[C@@H]3C(OC=O)CC4CC(OC=O)CC[C@]4(C)[C@H]3CC(OC=O)[C@]12C. The first kappa shape index (κ1) is 26.0. The maximum Gasteiger partial charge on any atom is 0.303 e. The lowest BCUT2D eigenvalue weighted by molar-refractivity contribution is -0.218. The van der Waals surface area contributed by atoms with E-state index in [1.54, 1.807) is 0 Å². The summed E-state index contributed by atoms with van der Waals surface area (Å²) in [4.78, 5) is 45.5. The van der Waals surface area contributed by atoms with Crippen molar-refractivity contribution in [3.8, 4) is 0 Å². The highest BCUT2D eigenvalue weighted by molar-refractivity contribution is 5.66. The minimum atomic E-state index is -0.791. The Morgan fingerprint density at radius 1 is 0.971 bits per heavy atom. The van der Waals surface area contributed by atoms with Crippen LogP contribution in [0.1, 0.15) is 78.6 Å². The Hall–Kier alpha value is -2.12. The van der Waals surface area contributed by atoms with E-state index in [-0.39, 0.29) is 71.1 Å². The van der Waals surface area contributed by atoms with Crippen LogP contribution >= 0.6 is 0 Å². The van der Waals surface area contributed by atoms with Gasteiger partial charge in [0.1, 0.15) is 18.3 Å². The Morgan fingerprint density at radius 2 is 1.69 bits per heavy atom. The smallest absolute Gasteiger partial charge is 0.303 e. The molecular formula is C27H40O8. The second-order valence-corrected chi connectivity index (χ2v) is 12.0. The van der Waals surface area contributed by atoms with Gasteiger partial charge in [-0.05, 0) is 86.4 Å². The maximum absolute atomic E-state index is 11.7. The minimum absolute atomic E-state index is 0.0189. The fraction of sp³-hybridized carbons (Fsp3) is 0.852. The number of carboxylic acids is 1. The molecule has 0 bridgehead atoms. The molecule has 8 nitrogen and oxygen atoms in total. The Balaban J connectivity index is 1.68. The number of hydrogen-bond acceptors (Lipinski definition) is 7. The van der Waals surface area contributed by atoms with E-state index < -0.39 is 5.97 Å². The van der Waals surface area contributed by atoms with Gasteiger partial charge in [-0.2, -0.15) is 0 Å². The van der Waals surface area contributed by atoms with Crippen molar-refractivity contribution in [3.63, 3.8) is 0 Å². The number of aliphatic carboxylic acids is 1. The van der Waals surface area contributed by atoms with E-state index in [1.807, 2.05) is 0 Å². The molecule has 196 valence electrons. The van der Waals surface area contributed by atoms with Gasteiger partial charge in [-0.15, -0.1) is 0 Å². The van der Waals surface area contributed by atoms with Gasteiger partial charge < -0.3 is 19.3 Å². The van der Waals surface area contributed by atoms with Gasteiger partial charge in [-0.1, -0.05) is 20.8 Å². The fourth-order valence-corrected chi connectivity index (χ4v) is 9.30. The van der Waals surface area contributed by atoms with Crippen LogP contribution in [-0.4, -0.2) is 48.8 Å². The summed E-state index contributed by atoms with van der Waals surface area (Å²) in [5, 5.41) is 9.23. The lowest BCUT2D eigenvalue weighted by atomic mass is 9.43. The highest BCUT2D eigenvalue weighted by atomic mass is 16.5. The molecule has 0 aliphatic heterocycles. The van der Waals surface area contributed by atoms with Crippen molar-refractivity contribution in [1.82, 2.24) is 0 Å². The van der Waals surface area contributed by atoms with Gasteiger partial charge in [0.2, 0.25) is 0 Å². The molecule has 0 spiro atoms. The van der Waals surface area contributed by atoms with Crippen LogP contribution in [0.25, 0.3) is 0 Å². The summed E-state index contributed by atoms with van der Waals surface area (Å²) in [7, 11) is 0. The van der Waals surface area contributed by atoms with Crippen LogP contribution < -0.4 is 0 Å². The molecule has 0 amide bonds. The molecule has 4 unspecified atom stereocenters. The van der Waals surface area contributed by atoms with E-state index in [0.29, 0.717) is 32.3 Å². The Bertz CT molecular complexity index is 815. The summed E-state index contributed by atoms with van der Waals surface area (Å²) in [5.41, 5.74) is -0.319. The van der Waals surface area contributed by atoms with Crippen LogP contribution in [0.5, 0.6) is 0 Å². The number of ether oxygens (including phenoxy) is 3. The topological polar surface area (TPSA) is 116 Å². The van der Waals surface area contributed by atoms with Gasteiger partial charge in [0.25, 0.3) is 19.4 Å². The summed E-state index contributed by atoms with van der Waals surface area (Å²) >= 11 is 0. The zero-order valence-electron chi connectivity index (χ0n) is 21.1. The molecule has 4 rings (SSSR count). The molecular weight excluding hydrogens is 452 g/mol. The molecule has 0 radical (unpaired) electrons. The van der Waals surface area contributed by atoms with Crippen LogP contribution in [0, 0.1) is 46.3 Å². The zero-order chi connectivity index (χ0) is 25.4. The van der Waals surface area contributed by atoms with Crippen molar-refractivity contribution in [1.29, 1.82) is 0 Å². The first-order chi connectivity index (χ1) is 16.7. The largest absolute Gasteiger partial charge is 0.481 e. The molecule has 35 heavy (non-hydrogen) atoms. The average Bonchev–Trinajstić information content (AvgIpc) is 3.17. The second-order valence-electron chi connectivity index (χ2n) is 12.0. The van der Waals surface area contributed by atoms with Crippen molar-refractivity contribution in [2.75, 3.05) is 0 Å². The molecule has 0 heterocycles. The normalized spacial score (nSPS) is 45.1. The fourth-order valence-electron chi connectivity index (χ4n) is 9.30. The molecule has 1 N–H and O–H groups in total. The average molecular weight is 493 g/mol. The standard InChI is InChI=1S/C27H40O8/c1-16(4-7-24(31)32)19-5-6-20-25-21(12-23(35-15-30)27(19,20)3)26(2)9-8-18(33-13-28)10-17(26)11-22(25)34-14-29/h13-23,25H,4-12H2,1-3H3,(H,31,32)/t16-,17?,18?,19-,20+,21+,22?,23?,25+,26+,27-/m1/s1. The molecule has 4 fully saturated rings. The van der Waals surface area contributed by atoms with Crippen molar-refractivity contribution < 1.29 is 38.5 Å². The Labute approximate surface area is 207 Å². The molecule has 11 atom stereocenters. The van der Waals surface area contributed by atoms with E-state index in [9.17, 15) is 24.3 Å². The number of carboxylic acid groups (broad SMARTS) is 1. The highest BCUT2D eigenvalue weighted by Crippen LogP contribution is 2.69. The monoisotopic (exact) mass is 492 g/mol. The number of fused-ring (bicyclic) bond motifs is 5. The summed E-state index contributed by atoms with van der Waals surface area (Å²) in [5.74, 6) is 0.481. The van der Waals surface area contributed by atoms with Crippen molar-refractivity contribution in [3.05, 3.63) is 0 Å². The number of hydrogen-bond donors (Lipinski definition) is 1. The predicted molar refractivity (Wildman–Crippen MR) is 125 cm³/mol. The number of carbonyl (C=O) groups is 4. The van der Waals surface area contributed by atoms with Gasteiger partial charge >= 0.3 is 5.97 Å². The minimum Gasteiger partial charge on any atom is -0.481 e. The van der Waals surface area contributed by atoms with Gasteiger partial charge in [-0.3, -0.25) is 19.2 Å². The van der Waals surface area contributed by atoms with E-state index in [1.165, 1.54) is 0 Å². The third-order valence-electron chi connectivity index (χ3n) is 11.0. The van der Waals surface area contributed by atoms with Crippen LogP contribution in [0.2, 0.25) is 0 Å². The van der Waals surface area contributed by atoms with Crippen molar-refractivity contribution in [2.45, 2.75) is 96.9 Å². The molecule has 4 aliphatic carbocycles. The van der Waals surface area contributed by atoms with Crippen LogP contribution in [0.15, 0.2) is 0 Å². The number of carbonyl (C=O) groups excluding carboxylic acids is 3. The summed E-state index contributed by atoms with van der Waals surface area (Å²) in [6, 6.07) is 0. The lowest BCUT2D eigenvalue weighted by Gasteiger charge is -2.64. The van der Waals surface area contributed by atoms with Crippen LogP contribution in [-0.2, 0) is 33.4 Å². The van der Waals surface area contributed by atoms with Crippen LogP contribution in [0.3, 0.4) is 0 Å². The zero-order valence-corrected chi connectivity index (χ0v) is 21.1. The molecule has 0 aromatic carbocycles. The third kappa shape index (κ3) is 4.35. The highest BCUT2D eigenvalue weighted by Gasteiger charge is 2.67. The lowest BCUT2D eigenvalue weighted by Crippen LogP contribution is -2.63. The molecule has 8 heteroatoms. The van der Waals surface area contributed by atoms with Gasteiger partial charge in [0.05, 0.1) is 0 Å². The van der Waals surface area contributed by atoms with Crippen LogP contribution in [0.4, 0.5) is 0 Å². The Morgan fingerprint density at radius 3 is 2.34 bits per heavy atom. The summed E-state index contributed by atoms with van der Waals surface area (Å²) < 4.78 is 17.0. The van der Waals surface area contributed by atoms with Gasteiger partial charge in [-0.25, -0.2) is 0 Å². The first-order valence-corrected chi connectivity index (χ1v) is 13.2. The predicted octanol–water partition coefficient (Wildman–Crippen LogP) is 3.99. The molecule has 4 aliphatic rings. The molecule has 0 aromatic heterocycles. The molecule has 0 aromatic rings. The van der Waals surface area contributed by atoms with E-state index in [4.69, 9.17) is 14.2 Å². The van der Waals surface area contributed by atoms with Crippen molar-refractivity contribution >= 4 is 25.4 Å². The molecule has 0 saturated heterocycles. The van der Waals surface area contributed by atoms with Crippen molar-refractivity contribution in [2.24, 2.45) is 46.3 Å². The maximum atomic E-state index is 11.7. The third-order valence-corrected chi connectivity index (χ3v) is 11.0.